The fourth-order valence-corrected chi connectivity index (χ4v) is 9.82. The van der Waals surface area contributed by atoms with Crippen molar-refractivity contribution < 1.29 is 158 Å². The quantitative estimate of drug-likeness (QED) is 0.0192. The number of nitrogens with two attached hydrogens (primary N) is 2. The number of halogens is 6. The molecule has 51 heteroatoms. The molecule has 43 nitrogen and oxygen atoms in total. The van der Waals surface area contributed by atoms with Crippen LogP contribution in [0.3, 0.4) is 0 Å². The molecule has 6 aliphatic heterocycles. The fraction of sp³-hybridized carbons (Fsp3) is 0.397. The summed E-state index contributed by atoms with van der Waals surface area (Å²) in [6.45, 7) is 0.419. The van der Waals surface area contributed by atoms with Crippen LogP contribution in [0.2, 0.25) is 0 Å². The fourth-order valence-electron chi connectivity index (χ4n) is 9.82. The number of esters is 5. The lowest BCUT2D eigenvalue weighted by molar-refractivity contribution is -0.192. The number of aromatic carboxylic acids is 1. The highest BCUT2D eigenvalue weighted by atomic mass is 19.4. The topological polar surface area (TPSA) is 668 Å². The molecule has 3 fully saturated rings. The van der Waals surface area contributed by atoms with Gasteiger partial charge in [-0.2, -0.15) is 13.2 Å². The second-order valence-corrected chi connectivity index (χ2v) is 26.5. The number of aromatic hydroxyl groups is 3. The first-order chi connectivity index (χ1) is 59.5. The molecule has 0 aliphatic carbocycles. The Morgan fingerprint density at radius 2 is 0.884 bits per heavy atom. The van der Waals surface area contributed by atoms with E-state index in [4.69, 9.17) is 71.7 Å². The lowest BCUT2D eigenvalue weighted by Crippen LogP contribution is -2.42. The van der Waals surface area contributed by atoms with Crippen LogP contribution in [-0.2, 0) is 80.0 Å². The SMILES string of the molecule is C.C.C.N[C@@H]1COC(=O)C1.N[C@@H]1COC(=O)C1.O=C(CNC(=O)c1cc(O)cc(NC2=NCC(F)CN2)c1)N[C@@H]1COC(=O)C1.O=C(O)C(F)(F)F.O=C(O)CNC(=O)c1cc(O)cc(NC2=NCC(F)CN2)c1.O=C(O)c1cc(O)cc(NC2=NCC(F)CN2)c1.[B]C(=O)N[C@@H](CC(=O)OCc1ccccc1)C(=O)O.[B]C(=O)N[C@H](CO)CC(=O)OCc1ccccc1. The van der Waals surface area contributed by atoms with Gasteiger partial charge in [-0.1, -0.05) is 82.9 Å². The number of hydrogen-bond donors (Lipinski definition) is 21. The Kier molecular flexibility index (Phi) is 51.1. The summed E-state index contributed by atoms with van der Waals surface area (Å²) in [5.41, 5.74) is 13.5. The summed E-state index contributed by atoms with van der Waals surface area (Å²) < 4.78 is 94.2. The first-order valence-electron chi connectivity index (χ1n) is 37.0. The molecule has 0 aromatic heterocycles. The summed E-state index contributed by atoms with van der Waals surface area (Å²) in [5, 5.41) is 99.1. The van der Waals surface area contributed by atoms with Crippen LogP contribution in [0.4, 0.5) is 53.0 Å². The zero-order valence-corrected chi connectivity index (χ0v) is 66.3. The Labute approximate surface area is 735 Å². The number of ether oxygens (including phenoxy) is 5. The minimum absolute atomic E-state index is 0. The van der Waals surface area contributed by atoms with Gasteiger partial charge in [0.15, 0.2) is 29.5 Å². The monoisotopic (exact) mass is 1830 g/mol. The number of nitrogens with one attached hydrogen (secondary N) is 11. The van der Waals surface area contributed by atoms with E-state index < -0.39 is 121 Å². The number of benzene rings is 5. The summed E-state index contributed by atoms with van der Waals surface area (Å²) in [6, 6.07) is 27.5. The second-order valence-electron chi connectivity index (χ2n) is 26.5. The first-order valence-corrected chi connectivity index (χ1v) is 37.0. The number of carboxylic acids is 4. The Morgan fingerprint density at radius 1 is 0.519 bits per heavy atom. The van der Waals surface area contributed by atoms with Gasteiger partial charge in [-0.05, 0) is 47.5 Å². The van der Waals surface area contributed by atoms with Crippen LogP contribution < -0.4 is 70.0 Å². The second kappa shape index (κ2) is 58.6. The molecule has 5 aromatic rings. The maximum absolute atomic E-state index is 13.1. The van der Waals surface area contributed by atoms with Gasteiger partial charge in [-0.3, -0.25) is 52.7 Å². The number of aliphatic imine (C=N–C) groups is 3. The minimum Gasteiger partial charge on any atom is -0.508 e. The average Bonchev–Trinajstić information content (AvgIpc) is 1.79. The zero-order valence-electron chi connectivity index (χ0n) is 66.3. The summed E-state index contributed by atoms with van der Waals surface area (Å²) >= 11 is 0. The number of nitrogens with zero attached hydrogens (tertiary/aromatic N) is 3. The lowest BCUT2D eigenvalue weighted by Gasteiger charge is -2.19. The van der Waals surface area contributed by atoms with Crippen molar-refractivity contribution in [3.8, 4) is 17.2 Å². The number of cyclic esters (lactones) is 3. The summed E-state index contributed by atoms with van der Waals surface area (Å²) in [5.74, 6) is -11.4. The molecular weight excluding hydrogens is 1730 g/mol. The van der Waals surface area contributed by atoms with Crippen molar-refractivity contribution in [2.45, 2.75) is 122 Å². The standard InChI is InChI=1S/C17H20FN5O5.C13H15FN4O4.C12H12BNO5.C12H14BNO4.C11H12FN3O3.2C4H7NO2.C2HF3O2.3CH4/c18-10-5-20-17(21-6-10)23-11-1-9(2-13(24)3-11)16(27)19-7-14(25)22-12-4-15(26)28-8-12;14-8-4-16-13(17-5-8)18-9-1-7(2-10(19)3-9)12(22)15-6-11(20)21;13-12(18)14-9(11(16)17)6-10(15)19-7-8-4-2-1-3-5-8;13-12(17)14-10(7-15)6-11(16)18-8-9-4-2-1-3-5-9;12-7-4-13-11(14-5-7)15-8-1-6(10(17)18)2-9(16)3-8;2*5-3-1-4(6)7-2-3;3-2(4,5)1(6)7;;;/h1-3,10,12,24H,4-8H2,(H,19,27)(H,22,25)(H2,20,21,23);1-3,8,19H,4-6H2,(H,15,22)(H,20,21)(H2,16,17,18);1-5,9H,6-7H2,(H,14,18)(H,16,17);1-5,10,15H,6-8H2,(H,14,17);1-3,7,16H,4-5H2,(H,17,18)(H2,13,14,15);2*3H,1-2,5H2;(H,6,7);3*1H4/t12-;;9-;10-;;2*3-;;;;/m0.00.00..../s1. The van der Waals surface area contributed by atoms with Crippen molar-refractivity contribution in [1.29, 1.82) is 0 Å². The highest BCUT2D eigenvalue weighted by Gasteiger charge is 2.38. The number of phenols is 3. The van der Waals surface area contributed by atoms with Gasteiger partial charge in [-0.15, -0.1) is 0 Å². The van der Waals surface area contributed by atoms with Crippen molar-refractivity contribution in [3.63, 3.8) is 0 Å². The molecule has 6 heterocycles. The van der Waals surface area contributed by atoms with Gasteiger partial charge in [0.05, 0.1) is 102 Å². The van der Waals surface area contributed by atoms with Crippen LogP contribution in [0.25, 0.3) is 0 Å². The van der Waals surface area contributed by atoms with Crippen LogP contribution in [0.15, 0.2) is 130 Å². The van der Waals surface area contributed by atoms with E-state index in [0.717, 1.165) is 17.2 Å². The Bertz CT molecular complexity index is 4630. The minimum atomic E-state index is -5.08. The molecule has 5 aromatic carbocycles. The van der Waals surface area contributed by atoms with Gasteiger partial charge in [0.25, 0.3) is 11.8 Å². The molecular formula is C78H100B2F6N16O27. The number of guanidine groups is 3. The Balaban J connectivity index is 0.000000762. The van der Waals surface area contributed by atoms with Gasteiger partial charge < -0.3 is 134 Å². The Hall–Kier alpha value is -14.5. The van der Waals surface area contributed by atoms with Crippen LogP contribution in [0.1, 0.15) is 96.6 Å². The normalized spacial score (nSPS) is 17.3. The lowest BCUT2D eigenvalue weighted by atomic mass is 10.1. The van der Waals surface area contributed by atoms with Crippen LogP contribution >= 0.6 is 0 Å². The van der Waals surface area contributed by atoms with E-state index in [0.29, 0.717) is 61.0 Å². The maximum Gasteiger partial charge on any atom is 0.490 e. The predicted molar refractivity (Wildman–Crippen MR) is 451 cm³/mol. The summed E-state index contributed by atoms with van der Waals surface area (Å²) in [7, 11) is 9.70. The van der Waals surface area contributed by atoms with E-state index in [1.807, 2.05) is 41.7 Å². The number of phenolic OH excluding ortho intramolecular Hbond substituents is 3. The molecule has 3 saturated heterocycles. The molecule has 3 unspecified atom stereocenters. The smallest absolute Gasteiger partial charge is 0.490 e. The number of anilines is 3. The van der Waals surface area contributed by atoms with E-state index in [2.05, 4.69) is 77.6 Å². The summed E-state index contributed by atoms with van der Waals surface area (Å²) in [6.07, 6.45) is -7.93. The number of aliphatic hydroxyl groups excluding tert-OH is 1. The zero-order chi connectivity index (χ0) is 93.6. The van der Waals surface area contributed by atoms with Gasteiger partial charge in [0.1, 0.15) is 81.4 Å². The number of rotatable bonds is 23. The number of aliphatic carboxylic acids is 3. The van der Waals surface area contributed by atoms with Gasteiger partial charge in [-0.25, -0.2) is 42.5 Å². The molecule has 0 spiro atoms. The summed E-state index contributed by atoms with van der Waals surface area (Å²) in [4.78, 5) is 164. The predicted octanol–water partition coefficient (Wildman–Crippen LogP) is 1.85. The molecule has 23 N–H and O–H groups in total. The third-order valence-corrected chi connectivity index (χ3v) is 15.6. The van der Waals surface area contributed by atoms with Gasteiger partial charge >= 0.3 is 59.9 Å². The molecule has 702 valence electrons. The molecule has 11 rings (SSSR count). The molecule has 5 amide bonds. The number of hydrogen-bond acceptors (Lipinski definition) is 34. The third kappa shape index (κ3) is 48.5. The van der Waals surface area contributed by atoms with Crippen molar-refractivity contribution in [1.82, 2.24) is 42.5 Å². The molecule has 6 aliphatic rings. The first kappa shape index (κ1) is 112. The van der Waals surface area contributed by atoms with Crippen LogP contribution in [0, 0.1) is 0 Å². The van der Waals surface area contributed by atoms with Gasteiger partial charge in [0.2, 0.25) is 21.6 Å². The molecule has 0 saturated carbocycles. The molecule has 4 radical (unpaired) electrons. The van der Waals surface area contributed by atoms with Crippen molar-refractivity contribution in [2.24, 2.45) is 26.4 Å². The highest BCUT2D eigenvalue weighted by molar-refractivity contribution is 6.57. The van der Waals surface area contributed by atoms with E-state index in [1.54, 1.807) is 24.3 Å². The van der Waals surface area contributed by atoms with Crippen molar-refractivity contribution in [3.05, 3.63) is 143 Å². The van der Waals surface area contributed by atoms with E-state index in [1.165, 1.54) is 48.5 Å². The van der Waals surface area contributed by atoms with E-state index in [9.17, 15) is 104 Å². The number of alkyl halides is 6. The highest BCUT2D eigenvalue weighted by Crippen LogP contribution is 2.24. The largest absolute Gasteiger partial charge is 0.508 e. The van der Waals surface area contributed by atoms with Crippen LogP contribution in [0.5, 0.6) is 17.2 Å². The molecule has 0 bridgehead atoms. The molecule has 8 atom stereocenters. The number of carboxylic acid groups (broad SMARTS) is 4. The number of carbonyl (C=O) groups is 14. The number of carbonyl (C=O) groups excluding carboxylic acids is 10. The van der Waals surface area contributed by atoms with Crippen molar-refractivity contribution >= 4 is 134 Å². The van der Waals surface area contributed by atoms with E-state index in [-0.39, 0.29) is 171 Å². The van der Waals surface area contributed by atoms with Gasteiger partial charge in [0, 0.05) is 58.5 Å². The van der Waals surface area contributed by atoms with Crippen LogP contribution in [-0.4, -0.2) is 291 Å². The van der Waals surface area contributed by atoms with E-state index >= 15 is 0 Å². The Morgan fingerprint density at radius 3 is 1.19 bits per heavy atom. The maximum atomic E-state index is 13.1. The number of amides is 5. The number of aliphatic hydroxyl groups is 1. The molecule has 129 heavy (non-hydrogen) atoms. The van der Waals surface area contributed by atoms with Crippen molar-refractivity contribution in [2.75, 3.05) is 94.7 Å². The third-order valence-electron chi connectivity index (χ3n) is 15.6. The average molecular weight is 1830 g/mol.